The van der Waals surface area contributed by atoms with Gasteiger partial charge in [0.05, 0.1) is 0 Å². The zero-order valence-corrected chi connectivity index (χ0v) is 11.5. The van der Waals surface area contributed by atoms with E-state index < -0.39 is 20.8 Å². The van der Waals surface area contributed by atoms with Crippen molar-refractivity contribution in [2.75, 3.05) is 0 Å². The zero-order chi connectivity index (χ0) is 9.40. The minimum atomic E-state index is -0.826. The molecule has 1 aliphatic rings. The molecule has 1 rings (SSSR count). The predicted molar refractivity (Wildman–Crippen MR) is 53.1 cm³/mol. The van der Waals surface area contributed by atoms with E-state index in [1.54, 1.807) is 11.1 Å². The molecule has 0 aromatic heterocycles. The van der Waals surface area contributed by atoms with Gasteiger partial charge >= 0.3 is 37.9 Å². The molecule has 0 aromatic carbocycles. The third-order valence-electron chi connectivity index (χ3n) is 1.95. The van der Waals surface area contributed by atoms with Crippen LogP contribution in [0.3, 0.4) is 0 Å². The van der Waals surface area contributed by atoms with E-state index in [1.165, 1.54) is 19.3 Å². The Bertz CT molecular complexity index is 173. The van der Waals surface area contributed by atoms with Gasteiger partial charge in [-0.05, 0) is 24.8 Å². The second kappa shape index (κ2) is 8.54. The van der Waals surface area contributed by atoms with E-state index in [1.807, 2.05) is 0 Å². The van der Waals surface area contributed by atoms with Crippen LogP contribution >= 0.6 is 17.0 Å². The molecule has 12 heavy (non-hydrogen) atoms. The summed E-state index contributed by atoms with van der Waals surface area (Å²) in [5.74, 6) is 0. The molecule has 0 fully saturated rings. The summed E-state index contributed by atoms with van der Waals surface area (Å²) in [7, 11) is 9.87. The molecule has 0 saturated heterocycles. The van der Waals surface area contributed by atoms with Crippen molar-refractivity contribution >= 4 is 17.0 Å². The van der Waals surface area contributed by atoms with Crippen molar-refractivity contribution < 1.29 is 20.8 Å². The Morgan fingerprint density at radius 2 is 1.92 bits per heavy atom. The van der Waals surface area contributed by atoms with Crippen LogP contribution in [0.2, 0.25) is 0 Å². The van der Waals surface area contributed by atoms with Gasteiger partial charge in [-0.15, -0.1) is 0 Å². The molecule has 0 bridgehead atoms. The van der Waals surface area contributed by atoms with Crippen molar-refractivity contribution in [3.8, 4) is 0 Å². The topological polar surface area (TPSA) is 0 Å². The van der Waals surface area contributed by atoms with Crippen LogP contribution in [0.25, 0.3) is 0 Å². The van der Waals surface area contributed by atoms with Crippen LogP contribution < -0.4 is 0 Å². The Morgan fingerprint density at radius 3 is 2.25 bits per heavy atom. The Balaban J connectivity index is 0.000000354. The standard InChI is InChI=1S/C9H14.2ClH.Zr/c1-3-8-6-5-7-9(8)4-2;;;/h5-6H,3-4,7H2,1-2H3;2*1H;/q;;;+2/p-2. The summed E-state index contributed by atoms with van der Waals surface area (Å²) in [6.45, 7) is 4.46. The average Bonchev–Trinajstić information content (AvgIpc) is 2.52. The molecule has 68 valence electrons. The number of halogens is 2. The third-order valence-corrected chi connectivity index (χ3v) is 1.95. The van der Waals surface area contributed by atoms with Gasteiger partial charge in [0.1, 0.15) is 0 Å². The second-order valence-corrected chi connectivity index (χ2v) is 6.25. The first-order valence-corrected chi connectivity index (χ1v) is 10.5. The van der Waals surface area contributed by atoms with Crippen molar-refractivity contribution in [2.45, 2.75) is 33.1 Å². The molecule has 0 nitrogen and oxygen atoms in total. The van der Waals surface area contributed by atoms with Gasteiger partial charge in [0.2, 0.25) is 0 Å². The first kappa shape index (κ1) is 12.9. The van der Waals surface area contributed by atoms with E-state index in [2.05, 4.69) is 26.0 Å². The Kier molecular flexibility index (Phi) is 9.21. The number of rotatable bonds is 2. The molecule has 0 unspecified atom stereocenters. The maximum atomic E-state index is 4.93. The van der Waals surface area contributed by atoms with Gasteiger partial charge in [-0.25, -0.2) is 0 Å². The van der Waals surface area contributed by atoms with Crippen molar-refractivity contribution in [1.82, 2.24) is 0 Å². The van der Waals surface area contributed by atoms with Crippen LogP contribution in [0, 0.1) is 0 Å². The maximum absolute atomic E-state index is 4.93. The first-order valence-electron chi connectivity index (χ1n) is 4.13. The fraction of sp³-hybridized carbons (Fsp3) is 0.556. The fourth-order valence-electron chi connectivity index (χ4n) is 1.33. The molecule has 0 spiro atoms. The molecule has 0 heterocycles. The fourth-order valence-corrected chi connectivity index (χ4v) is 1.33. The summed E-state index contributed by atoms with van der Waals surface area (Å²) in [4.78, 5) is 0. The van der Waals surface area contributed by atoms with Crippen LogP contribution in [-0.4, -0.2) is 0 Å². The van der Waals surface area contributed by atoms with Crippen LogP contribution in [0.5, 0.6) is 0 Å². The molecule has 0 aliphatic heterocycles. The van der Waals surface area contributed by atoms with Crippen molar-refractivity contribution in [1.29, 1.82) is 0 Å². The van der Waals surface area contributed by atoms with Gasteiger partial charge in [-0.2, -0.15) is 0 Å². The predicted octanol–water partition coefficient (Wildman–Crippen LogP) is 4.44. The molecular formula is C9H14Cl2Zr. The second-order valence-electron chi connectivity index (χ2n) is 2.51. The van der Waals surface area contributed by atoms with Gasteiger partial charge in [-0.3, -0.25) is 0 Å². The normalized spacial score (nSPS) is 14.3. The van der Waals surface area contributed by atoms with Crippen LogP contribution in [-0.2, 0) is 20.8 Å². The summed E-state index contributed by atoms with van der Waals surface area (Å²) in [5, 5.41) is 0. The molecule has 0 amide bonds. The average molecular weight is 284 g/mol. The summed E-state index contributed by atoms with van der Waals surface area (Å²) in [6.07, 6.45) is 8.17. The van der Waals surface area contributed by atoms with Crippen LogP contribution in [0.15, 0.2) is 23.3 Å². The van der Waals surface area contributed by atoms with Crippen molar-refractivity contribution in [2.24, 2.45) is 0 Å². The van der Waals surface area contributed by atoms with Gasteiger partial charge in [0, 0.05) is 0 Å². The van der Waals surface area contributed by atoms with Crippen LogP contribution in [0.1, 0.15) is 33.1 Å². The minimum absolute atomic E-state index is 0.826. The van der Waals surface area contributed by atoms with E-state index >= 15 is 0 Å². The van der Waals surface area contributed by atoms with Gasteiger partial charge in [0.15, 0.2) is 0 Å². The SMILES string of the molecule is CCC1=C(CC)CC=C1.[Cl][Zr][Cl]. The number of hydrogen-bond acceptors (Lipinski definition) is 0. The van der Waals surface area contributed by atoms with Gasteiger partial charge in [-0.1, -0.05) is 31.6 Å². The summed E-state index contributed by atoms with van der Waals surface area (Å²) < 4.78 is 0. The Morgan fingerprint density at radius 1 is 1.33 bits per heavy atom. The molecule has 0 N–H and O–H groups in total. The van der Waals surface area contributed by atoms with E-state index in [0.29, 0.717) is 0 Å². The van der Waals surface area contributed by atoms with Crippen molar-refractivity contribution in [3.63, 3.8) is 0 Å². The van der Waals surface area contributed by atoms with Gasteiger partial charge < -0.3 is 0 Å². The van der Waals surface area contributed by atoms with E-state index in [0.717, 1.165) is 0 Å². The zero-order valence-electron chi connectivity index (χ0n) is 7.53. The van der Waals surface area contributed by atoms with Crippen molar-refractivity contribution in [3.05, 3.63) is 23.3 Å². The molecule has 0 radical (unpaired) electrons. The molecule has 3 heteroatoms. The summed E-state index contributed by atoms with van der Waals surface area (Å²) >= 11 is -0.826. The van der Waals surface area contributed by atoms with E-state index in [4.69, 9.17) is 17.0 Å². The van der Waals surface area contributed by atoms with Crippen LogP contribution in [0.4, 0.5) is 0 Å². The summed E-state index contributed by atoms with van der Waals surface area (Å²) in [6, 6.07) is 0. The molecule has 0 atom stereocenters. The molecule has 0 aromatic rings. The van der Waals surface area contributed by atoms with Gasteiger partial charge in [0.25, 0.3) is 0 Å². The van der Waals surface area contributed by atoms with E-state index in [-0.39, 0.29) is 0 Å². The quantitative estimate of drug-likeness (QED) is 0.703. The monoisotopic (exact) mass is 282 g/mol. The Hall–Kier alpha value is 0.943. The molecule has 1 aliphatic carbocycles. The van der Waals surface area contributed by atoms with E-state index in [9.17, 15) is 0 Å². The first-order chi connectivity index (χ1) is 5.79. The number of hydrogen-bond donors (Lipinski definition) is 0. The molecular weight excluding hydrogens is 270 g/mol. The Labute approximate surface area is 93.7 Å². The number of allylic oxidation sites excluding steroid dienone is 4. The third kappa shape index (κ3) is 4.85. The summed E-state index contributed by atoms with van der Waals surface area (Å²) in [5.41, 5.74) is 3.20. The molecule has 0 saturated carbocycles.